The molecule has 8 heteroatoms. The van der Waals surface area contributed by atoms with Gasteiger partial charge in [0.05, 0.1) is 12.2 Å². The van der Waals surface area contributed by atoms with Crippen molar-refractivity contribution in [2.75, 3.05) is 0 Å². The van der Waals surface area contributed by atoms with E-state index in [1.54, 1.807) is 0 Å². The van der Waals surface area contributed by atoms with Crippen LogP contribution < -0.4 is 16.6 Å². The molecule has 0 bridgehead atoms. The summed E-state index contributed by atoms with van der Waals surface area (Å²) in [7, 11) is 1.46. The standard InChI is InChI=1S/C15H15N5O3/c1-9-4-3-5-12-17-10(7-20(9)12)6-16-13(21)11-8-19(2)15(23)18-14(11)22/h3-5,7-8H,6H2,1-2H3,(H,16,21)(H,18,22,23). The number of carbonyl (C=O) groups is 1. The van der Waals surface area contributed by atoms with E-state index in [1.165, 1.54) is 13.2 Å². The van der Waals surface area contributed by atoms with Gasteiger partial charge in [0.1, 0.15) is 11.2 Å². The van der Waals surface area contributed by atoms with Gasteiger partial charge in [0.2, 0.25) is 0 Å². The molecule has 3 aromatic heterocycles. The van der Waals surface area contributed by atoms with Crippen molar-refractivity contribution in [1.82, 2.24) is 24.3 Å². The van der Waals surface area contributed by atoms with E-state index in [1.807, 2.05) is 35.7 Å². The Morgan fingerprint density at radius 2 is 2.09 bits per heavy atom. The van der Waals surface area contributed by atoms with Crippen LogP contribution in [0.2, 0.25) is 0 Å². The molecule has 0 saturated carbocycles. The van der Waals surface area contributed by atoms with Crippen molar-refractivity contribution in [3.63, 3.8) is 0 Å². The normalized spacial score (nSPS) is 10.9. The minimum absolute atomic E-state index is 0.118. The first-order valence-corrected chi connectivity index (χ1v) is 6.97. The smallest absolute Gasteiger partial charge is 0.328 e. The summed E-state index contributed by atoms with van der Waals surface area (Å²) in [6, 6.07) is 5.74. The van der Waals surface area contributed by atoms with Gasteiger partial charge in [0.15, 0.2) is 0 Å². The van der Waals surface area contributed by atoms with Crippen LogP contribution in [0.15, 0.2) is 40.2 Å². The molecule has 0 aliphatic rings. The second kappa shape index (κ2) is 5.56. The highest BCUT2D eigenvalue weighted by Gasteiger charge is 2.12. The third-order valence-electron chi connectivity index (χ3n) is 3.53. The number of hydrogen-bond donors (Lipinski definition) is 2. The molecule has 118 valence electrons. The van der Waals surface area contributed by atoms with Crippen LogP contribution in [0.3, 0.4) is 0 Å². The first-order chi connectivity index (χ1) is 11.0. The van der Waals surface area contributed by atoms with E-state index in [0.29, 0.717) is 5.69 Å². The molecule has 3 aromatic rings. The van der Waals surface area contributed by atoms with E-state index in [-0.39, 0.29) is 12.1 Å². The van der Waals surface area contributed by atoms with E-state index in [0.717, 1.165) is 15.9 Å². The summed E-state index contributed by atoms with van der Waals surface area (Å²) in [5, 5.41) is 2.63. The molecule has 0 atom stereocenters. The number of fused-ring (bicyclic) bond motifs is 1. The maximum absolute atomic E-state index is 12.1. The van der Waals surface area contributed by atoms with Crippen LogP contribution in [0.4, 0.5) is 0 Å². The number of imidazole rings is 1. The molecule has 0 saturated heterocycles. The number of amides is 1. The Labute approximate surface area is 130 Å². The number of rotatable bonds is 3. The number of nitrogens with one attached hydrogen (secondary N) is 2. The molecular weight excluding hydrogens is 298 g/mol. The fraction of sp³-hybridized carbons (Fsp3) is 0.200. The van der Waals surface area contributed by atoms with E-state index < -0.39 is 17.2 Å². The molecule has 0 fully saturated rings. The number of hydrogen-bond acceptors (Lipinski definition) is 4. The van der Waals surface area contributed by atoms with Crippen molar-refractivity contribution in [3.05, 3.63) is 68.4 Å². The fourth-order valence-corrected chi connectivity index (χ4v) is 2.28. The Morgan fingerprint density at radius 1 is 1.30 bits per heavy atom. The number of nitrogens with zero attached hydrogens (tertiary/aromatic N) is 3. The first kappa shape index (κ1) is 14.8. The molecule has 0 aromatic carbocycles. The Bertz CT molecular complexity index is 1010. The Kier molecular flexibility index (Phi) is 3.57. The Morgan fingerprint density at radius 3 is 2.83 bits per heavy atom. The van der Waals surface area contributed by atoms with Gasteiger partial charge in [-0.05, 0) is 19.1 Å². The maximum Gasteiger partial charge on any atom is 0.328 e. The molecule has 8 nitrogen and oxygen atoms in total. The van der Waals surface area contributed by atoms with Gasteiger partial charge in [-0.1, -0.05) is 6.07 Å². The van der Waals surface area contributed by atoms with Crippen LogP contribution in [-0.2, 0) is 13.6 Å². The second-order valence-corrected chi connectivity index (χ2v) is 5.22. The second-order valence-electron chi connectivity index (χ2n) is 5.22. The number of aromatic nitrogens is 4. The van der Waals surface area contributed by atoms with Gasteiger partial charge in [-0.2, -0.15) is 0 Å². The van der Waals surface area contributed by atoms with Crippen LogP contribution >= 0.6 is 0 Å². The van der Waals surface area contributed by atoms with Gasteiger partial charge in [0.25, 0.3) is 11.5 Å². The lowest BCUT2D eigenvalue weighted by atomic mass is 10.3. The van der Waals surface area contributed by atoms with Crippen molar-refractivity contribution in [2.24, 2.45) is 7.05 Å². The van der Waals surface area contributed by atoms with Crippen molar-refractivity contribution < 1.29 is 4.79 Å². The number of carbonyl (C=O) groups excluding carboxylic acids is 1. The molecule has 0 radical (unpaired) electrons. The zero-order valence-corrected chi connectivity index (χ0v) is 12.7. The highest BCUT2D eigenvalue weighted by Crippen LogP contribution is 2.08. The summed E-state index contributed by atoms with van der Waals surface area (Å²) in [5.41, 5.74) is 1.09. The van der Waals surface area contributed by atoms with Gasteiger partial charge < -0.3 is 14.3 Å². The lowest BCUT2D eigenvalue weighted by Gasteiger charge is -2.03. The monoisotopic (exact) mass is 313 g/mol. The van der Waals surface area contributed by atoms with Crippen LogP contribution in [-0.4, -0.2) is 24.8 Å². The van der Waals surface area contributed by atoms with Crippen LogP contribution in [0, 0.1) is 6.92 Å². The summed E-state index contributed by atoms with van der Waals surface area (Å²) in [5.74, 6) is -0.560. The molecule has 0 spiro atoms. The fourth-order valence-electron chi connectivity index (χ4n) is 2.28. The summed E-state index contributed by atoms with van der Waals surface area (Å²) >= 11 is 0. The molecule has 0 aliphatic carbocycles. The maximum atomic E-state index is 12.1. The van der Waals surface area contributed by atoms with Crippen molar-refractivity contribution in [1.29, 1.82) is 0 Å². The molecule has 1 amide bonds. The number of H-pyrrole nitrogens is 1. The molecule has 0 aliphatic heterocycles. The largest absolute Gasteiger partial charge is 0.346 e. The van der Waals surface area contributed by atoms with Gasteiger partial charge in [-0.3, -0.25) is 14.6 Å². The quantitative estimate of drug-likeness (QED) is 0.708. The van der Waals surface area contributed by atoms with Crippen molar-refractivity contribution in [2.45, 2.75) is 13.5 Å². The lowest BCUT2D eigenvalue weighted by Crippen LogP contribution is -2.36. The van der Waals surface area contributed by atoms with Gasteiger partial charge in [-0.25, -0.2) is 9.78 Å². The third kappa shape index (κ3) is 2.78. The van der Waals surface area contributed by atoms with Gasteiger partial charge in [0, 0.05) is 25.1 Å². The molecule has 3 rings (SSSR count). The SMILES string of the molecule is Cc1cccc2nc(CNC(=O)c3cn(C)c(=O)[nH]c3=O)cn12. The highest BCUT2D eigenvalue weighted by molar-refractivity contribution is 5.93. The van der Waals surface area contributed by atoms with E-state index in [4.69, 9.17) is 0 Å². The summed E-state index contributed by atoms with van der Waals surface area (Å²) in [4.78, 5) is 41.6. The first-order valence-electron chi connectivity index (χ1n) is 6.97. The summed E-state index contributed by atoms with van der Waals surface area (Å²) in [6.07, 6.45) is 3.04. The molecule has 2 N–H and O–H groups in total. The van der Waals surface area contributed by atoms with Crippen molar-refractivity contribution in [3.8, 4) is 0 Å². The average molecular weight is 313 g/mol. The van der Waals surface area contributed by atoms with Crippen molar-refractivity contribution >= 4 is 11.6 Å². The zero-order chi connectivity index (χ0) is 16.6. The Balaban J connectivity index is 1.81. The topological polar surface area (TPSA) is 101 Å². The summed E-state index contributed by atoms with van der Waals surface area (Å²) in [6.45, 7) is 2.14. The molecule has 3 heterocycles. The summed E-state index contributed by atoms with van der Waals surface area (Å²) < 4.78 is 3.06. The molecule has 0 unspecified atom stereocenters. The number of aryl methyl sites for hydroxylation is 2. The predicted molar refractivity (Wildman–Crippen MR) is 83.4 cm³/mol. The molecule has 23 heavy (non-hydrogen) atoms. The number of pyridine rings is 1. The average Bonchev–Trinajstić information content (AvgIpc) is 2.93. The minimum atomic E-state index is -0.712. The predicted octanol–water partition coefficient (Wildman–Crippen LogP) is -0.0403. The molecular formula is C15H15N5O3. The van der Waals surface area contributed by atoms with Crippen LogP contribution in [0.25, 0.3) is 5.65 Å². The van der Waals surface area contributed by atoms with Gasteiger partial charge >= 0.3 is 5.69 Å². The Hall–Kier alpha value is -3.16. The third-order valence-corrected chi connectivity index (χ3v) is 3.53. The van der Waals surface area contributed by atoms with E-state index >= 15 is 0 Å². The highest BCUT2D eigenvalue weighted by atomic mass is 16.2. The lowest BCUT2D eigenvalue weighted by molar-refractivity contribution is 0.0948. The van der Waals surface area contributed by atoms with E-state index in [9.17, 15) is 14.4 Å². The van der Waals surface area contributed by atoms with Crippen LogP contribution in [0.5, 0.6) is 0 Å². The number of aromatic amines is 1. The van der Waals surface area contributed by atoms with Gasteiger partial charge in [-0.15, -0.1) is 0 Å². The van der Waals surface area contributed by atoms with Crippen LogP contribution in [0.1, 0.15) is 21.7 Å². The minimum Gasteiger partial charge on any atom is -0.346 e. The zero-order valence-electron chi connectivity index (χ0n) is 12.7. The van der Waals surface area contributed by atoms with E-state index in [2.05, 4.69) is 15.3 Å².